The van der Waals surface area contributed by atoms with Crippen LogP contribution >= 0.6 is 0 Å². The number of benzene rings is 2. The molecule has 0 aromatic heterocycles. The van der Waals surface area contributed by atoms with E-state index in [1.807, 2.05) is 0 Å². The number of methoxy groups -OCH3 is 2. The van der Waals surface area contributed by atoms with Gasteiger partial charge in [-0.1, -0.05) is 12.1 Å². The highest BCUT2D eigenvalue weighted by atomic mass is 19.1. The van der Waals surface area contributed by atoms with Crippen LogP contribution < -0.4 is 9.47 Å². The Morgan fingerprint density at radius 2 is 1.93 bits per heavy atom. The van der Waals surface area contributed by atoms with E-state index < -0.39 is 23.8 Å². The Bertz CT molecular complexity index is 892. The van der Waals surface area contributed by atoms with Crippen LogP contribution in [-0.2, 0) is 16.0 Å². The smallest absolute Gasteiger partial charge is 0.223 e. The number of amides is 1. The molecule has 1 fully saturated rings. The first-order valence-electron chi connectivity index (χ1n) is 9.66. The van der Waals surface area contributed by atoms with Gasteiger partial charge >= 0.3 is 0 Å². The van der Waals surface area contributed by atoms with Crippen LogP contribution in [0.15, 0.2) is 36.4 Å². The SMILES string of the molecule is COc1ccc([C@@H]2[C@@H](CO)OCCN2C(=O)CCc2ccc(F)cc2F)cc1OC. The molecule has 2 atom stereocenters. The molecule has 3 rings (SSSR count). The standard InChI is InChI=1S/C22H25F2NO5/c1-28-18-7-4-15(11-19(18)29-2)22-20(13-26)30-10-9-25(22)21(27)8-5-14-3-6-16(23)12-17(14)24/h3-4,6-7,11-12,20,22,26H,5,8-10,13H2,1-2H3/t20-,22-/m1/s1. The molecule has 1 aliphatic heterocycles. The minimum Gasteiger partial charge on any atom is -0.493 e. The van der Waals surface area contributed by atoms with Gasteiger partial charge in [0.1, 0.15) is 17.7 Å². The minimum atomic E-state index is -0.672. The van der Waals surface area contributed by atoms with Crippen LogP contribution in [0.4, 0.5) is 8.78 Å². The van der Waals surface area contributed by atoms with Gasteiger partial charge in [0.2, 0.25) is 5.91 Å². The average Bonchev–Trinajstić information content (AvgIpc) is 2.77. The summed E-state index contributed by atoms with van der Waals surface area (Å²) in [6.45, 7) is 0.349. The molecule has 1 amide bonds. The number of nitrogens with zero attached hydrogens (tertiary/aromatic N) is 1. The van der Waals surface area contributed by atoms with Crippen LogP contribution in [0.1, 0.15) is 23.6 Å². The minimum absolute atomic E-state index is 0.0461. The molecular formula is C22H25F2NO5. The lowest BCUT2D eigenvalue weighted by atomic mass is 9.97. The van der Waals surface area contributed by atoms with Crippen molar-refractivity contribution in [2.24, 2.45) is 0 Å². The van der Waals surface area contributed by atoms with E-state index in [4.69, 9.17) is 14.2 Å². The van der Waals surface area contributed by atoms with E-state index in [1.54, 1.807) is 23.1 Å². The number of carbonyl (C=O) groups excluding carboxylic acids is 1. The molecule has 0 radical (unpaired) electrons. The van der Waals surface area contributed by atoms with Gasteiger partial charge in [0.25, 0.3) is 0 Å². The lowest BCUT2D eigenvalue weighted by Crippen LogP contribution is -2.49. The molecule has 0 spiro atoms. The van der Waals surface area contributed by atoms with Crippen LogP contribution in [0.5, 0.6) is 11.5 Å². The second-order valence-electron chi connectivity index (χ2n) is 6.97. The maximum absolute atomic E-state index is 13.9. The predicted molar refractivity (Wildman–Crippen MR) is 106 cm³/mol. The maximum atomic E-state index is 13.9. The first-order chi connectivity index (χ1) is 14.5. The molecular weight excluding hydrogens is 396 g/mol. The number of aryl methyl sites for hydroxylation is 1. The van der Waals surface area contributed by atoms with Crippen molar-refractivity contribution in [2.75, 3.05) is 34.0 Å². The van der Waals surface area contributed by atoms with Crippen LogP contribution in [-0.4, -0.2) is 56.0 Å². The van der Waals surface area contributed by atoms with Crippen molar-refractivity contribution < 1.29 is 32.9 Å². The third-order valence-electron chi connectivity index (χ3n) is 5.22. The first kappa shape index (κ1) is 22.0. The van der Waals surface area contributed by atoms with E-state index in [-0.39, 0.29) is 37.5 Å². The lowest BCUT2D eigenvalue weighted by molar-refractivity contribution is -0.149. The fraction of sp³-hybridized carbons (Fsp3) is 0.409. The number of hydrogen-bond donors (Lipinski definition) is 1. The number of halogens is 2. The molecule has 0 saturated carbocycles. The Morgan fingerprint density at radius 1 is 1.17 bits per heavy atom. The summed E-state index contributed by atoms with van der Waals surface area (Å²) in [7, 11) is 3.05. The van der Waals surface area contributed by atoms with Crippen LogP contribution in [0.3, 0.4) is 0 Å². The predicted octanol–water partition coefficient (Wildman–Crippen LogP) is 2.88. The molecule has 8 heteroatoms. The summed E-state index contributed by atoms with van der Waals surface area (Å²) in [5.41, 5.74) is 1.01. The molecule has 0 aliphatic carbocycles. The molecule has 0 bridgehead atoms. The molecule has 6 nitrogen and oxygen atoms in total. The zero-order valence-corrected chi connectivity index (χ0v) is 16.9. The van der Waals surface area contributed by atoms with Crippen molar-refractivity contribution in [2.45, 2.75) is 25.0 Å². The summed E-state index contributed by atoms with van der Waals surface area (Å²) >= 11 is 0. The third kappa shape index (κ3) is 4.71. The van der Waals surface area contributed by atoms with E-state index in [9.17, 15) is 18.7 Å². The van der Waals surface area contributed by atoms with Crippen LogP contribution in [0.25, 0.3) is 0 Å². The summed E-state index contributed by atoms with van der Waals surface area (Å²) in [5, 5.41) is 9.82. The van der Waals surface area contributed by atoms with Crippen molar-refractivity contribution >= 4 is 5.91 Å². The van der Waals surface area contributed by atoms with E-state index >= 15 is 0 Å². The number of rotatable bonds is 7. The van der Waals surface area contributed by atoms with Gasteiger partial charge in [-0.15, -0.1) is 0 Å². The number of ether oxygens (including phenoxy) is 3. The molecule has 0 unspecified atom stereocenters. The summed E-state index contributed by atoms with van der Waals surface area (Å²) in [4.78, 5) is 14.6. The molecule has 162 valence electrons. The third-order valence-corrected chi connectivity index (χ3v) is 5.22. The van der Waals surface area contributed by atoms with Crippen molar-refractivity contribution in [3.05, 3.63) is 59.2 Å². The molecule has 30 heavy (non-hydrogen) atoms. The van der Waals surface area contributed by atoms with Crippen molar-refractivity contribution in [1.82, 2.24) is 4.90 Å². The Balaban J connectivity index is 1.83. The Morgan fingerprint density at radius 3 is 2.60 bits per heavy atom. The molecule has 2 aromatic carbocycles. The summed E-state index contributed by atoms with van der Waals surface area (Å²) < 4.78 is 43.3. The van der Waals surface area contributed by atoms with E-state index in [1.165, 1.54) is 26.4 Å². The summed E-state index contributed by atoms with van der Waals surface area (Å²) in [6.07, 6.45) is -0.418. The van der Waals surface area contributed by atoms with Crippen LogP contribution in [0.2, 0.25) is 0 Å². The second-order valence-corrected chi connectivity index (χ2v) is 6.97. The fourth-order valence-corrected chi connectivity index (χ4v) is 3.71. The topological polar surface area (TPSA) is 68.2 Å². The largest absolute Gasteiger partial charge is 0.493 e. The van der Waals surface area contributed by atoms with Crippen molar-refractivity contribution in [1.29, 1.82) is 0 Å². The van der Waals surface area contributed by atoms with Gasteiger partial charge in [0.05, 0.1) is 33.5 Å². The van der Waals surface area contributed by atoms with Gasteiger partial charge in [-0.05, 0) is 35.7 Å². The summed E-state index contributed by atoms with van der Waals surface area (Å²) in [5.74, 6) is -0.494. The van der Waals surface area contributed by atoms with Gasteiger partial charge in [0.15, 0.2) is 11.5 Å². The highest BCUT2D eigenvalue weighted by Crippen LogP contribution is 2.36. The van der Waals surface area contributed by atoms with Gasteiger partial charge < -0.3 is 24.2 Å². The molecule has 1 aliphatic rings. The van der Waals surface area contributed by atoms with Crippen molar-refractivity contribution in [3.63, 3.8) is 0 Å². The van der Waals surface area contributed by atoms with E-state index in [0.717, 1.165) is 11.6 Å². The van der Waals surface area contributed by atoms with Crippen molar-refractivity contribution in [3.8, 4) is 11.5 Å². The zero-order chi connectivity index (χ0) is 21.7. The van der Waals surface area contributed by atoms with Gasteiger partial charge in [-0.3, -0.25) is 4.79 Å². The normalized spacial score (nSPS) is 18.9. The van der Waals surface area contributed by atoms with Gasteiger partial charge in [0, 0.05) is 19.0 Å². The monoisotopic (exact) mass is 421 g/mol. The maximum Gasteiger partial charge on any atom is 0.223 e. The molecule has 1 saturated heterocycles. The van der Waals surface area contributed by atoms with Gasteiger partial charge in [-0.2, -0.15) is 0 Å². The van der Waals surface area contributed by atoms with E-state index in [0.29, 0.717) is 18.0 Å². The highest BCUT2D eigenvalue weighted by molar-refractivity contribution is 5.77. The highest BCUT2D eigenvalue weighted by Gasteiger charge is 2.36. The number of aliphatic hydroxyl groups is 1. The number of morpholine rings is 1. The first-order valence-corrected chi connectivity index (χ1v) is 9.66. The fourth-order valence-electron chi connectivity index (χ4n) is 3.71. The zero-order valence-electron chi connectivity index (χ0n) is 16.9. The molecule has 1 N–H and O–H groups in total. The number of carbonyl (C=O) groups is 1. The summed E-state index contributed by atoms with van der Waals surface area (Å²) in [6, 6.07) is 8.07. The lowest BCUT2D eigenvalue weighted by Gasteiger charge is -2.41. The number of hydrogen-bond acceptors (Lipinski definition) is 5. The Kier molecular flexibility index (Phi) is 7.23. The molecule has 1 heterocycles. The van der Waals surface area contributed by atoms with E-state index in [2.05, 4.69) is 0 Å². The Hall–Kier alpha value is -2.71. The number of aliphatic hydroxyl groups excluding tert-OH is 1. The quantitative estimate of drug-likeness (QED) is 0.745. The average molecular weight is 421 g/mol. The van der Waals surface area contributed by atoms with Crippen LogP contribution in [0, 0.1) is 11.6 Å². The second kappa shape index (κ2) is 9.86. The molecule has 2 aromatic rings. The Labute approximate surface area is 174 Å². The van der Waals surface area contributed by atoms with Gasteiger partial charge in [-0.25, -0.2) is 8.78 Å².